The molecule has 3 rings (SSSR count). The monoisotopic (exact) mass is 392 g/mol. The first kappa shape index (κ1) is 21.1. The SMILES string of the molecule is CC1CCC(C2CCC(C3CC(F)C(/C=C/C(F)(F)F)C(F)C3)CC2)CC1. The fraction of sp³-hybridized carbons (Fsp3) is 0.909. The van der Waals surface area contributed by atoms with Crippen LogP contribution in [0.4, 0.5) is 22.0 Å². The average molecular weight is 392 g/mol. The van der Waals surface area contributed by atoms with E-state index in [9.17, 15) is 22.0 Å². The third kappa shape index (κ3) is 5.69. The highest BCUT2D eigenvalue weighted by Crippen LogP contribution is 2.47. The van der Waals surface area contributed by atoms with Gasteiger partial charge in [0.2, 0.25) is 0 Å². The Morgan fingerprint density at radius 1 is 0.667 bits per heavy atom. The Morgan fingerprint density at radius 2 is 1.07 bits per heavy atom. The average Bonchev–Trinajstić information content (AvgIpc) is 2.61. The van der Waals surface area contributed by atoms with Gasteiger partial charge in [-0.15, -0.1) is 0 Å². The molecular weight excluding hydrogens is 359 g/mol. The third-order valence-electron chi connectivity index (χ3n) is 7.61. The quantitative estimate of drug-likeness (QED) is 0.346. The minimum absolute atomic E-state index is 0.00656. The van der Waals surface area contributed by atoms with Gasteiger partial charge in [-0.1, -0.05) is 25.8 Å². The Kier molecular flexibility index (Phi) is 6.89. The first-order chi connectivity index (χ1) is 12.7. The van der Waals surface area contributed by atoms with E-state index in [2.05, 4.69) is 6.92 Å². The summed E-state index contributed by atoms with van der Waals surface area (Å²) in [6, 6.07) is 0. The van der Waals surface area contributed by atoms with Crippen LogP contribution in [0.1, 0.15) is 71.1 Å². The van der Waals surface area contributed by atoms with Gasteiger partial charge in [-0.25, -0.2) is 8.78 Å². The second kappa shape index (κ2) is 8.82. The molecule has 0 amide bonds. The maximum Gasteiger partial charge on any atom is 0.409 e. The number of halogens is 5. The second-order valence-corrected chi connectivity index (χ2v) is 9.44. The van der Waals surface area contributed by atoms with Crippen molar-refractivity contribution in [2.45, 2.75) is 89.7 Å². The maximum atomic E-state index is 14.4. The fourth-order valence-electron chi connectivity index (χ4n) is 5.91. The van der Waals surface area contributed by atoms with Crippen molar-refractivity contribution in [3.8, 4) is 0 Å². The van der Waals surface area contributed by atoms with Gasteiger partial charge in [0.05, 0.1) is 0 Å². The molecule has 0 aliphatic heterocycles. The lowest BCUT2D eigenvalue weighted by molar-refractivity contribution is -0.0808. The number of allylic oxidation sites excluding steroid dienone is 2. The molecule has 0 aromatic heterocycles. The molecule has 0 radical (unpaired) electrons. The highest BCUT2D eigenvalue weighted by molar-refractivity contribution is 5.03. The van der Waals surface area contributed by atoms with E-state index < -0.39 is 24.4 Å². The Morgan fingerprint density at radius 3 is 1.52 bits per heavy atom. The first-order valence-corrected chi connectivity index (χ1v) is 10.8. The lowest BCUT2D eigenvalue weighted by Gasteiger charge is -2.42. The summed E-state index contributed by atoms with van der Waals surface area (Å²) in [5, 5.41) is 0. The molecule has 0 saturated heterocycles. The van der Waals surface area contributed by atoms with Crippen molar-refractivity contribution in [1.82, 2.24) is 0 Å². The molecule has 0 aromatic carbocycles. The normalized spacial score (nSPS) is 44.5. The van der Waals surface area contributed by atoms with Gasteiger partial charge in [-0.05, 0) is 81.0 Å². The van der Waals surface area contributed by atoms with E-state index in [1.54, 1.807) is 0 Å². The van der Waals surface area contributed by atoms with E-state index in [1.165, 1.54) is 25.7 Å². The Balaban J connectivity index is 1.49. The largest absolute Gasteiger partial charge is 0.409 e. The van der Waals surface area contributed by atoms with Gasteiger partial charge in [0, 0.05) is 12.0 Å². The van der Waals surface area contributed by atoms with Crippen LogP contribution in [-0.2, 0) is 0 Å². The zero-order chi connectivity index (χ0) is 19.6. The van der Waals surface area contributed by atoms with Crippen LogP contribution in [0.3, 0.4) is 0 Å². The fourth-order valence-corrected chi connectivity index (χ4v) is 5.91. The lowest BCUT2D eigenvalue weighted by Crippen LogP contribution is -2.38. The van der Waals surface area contributed by atoms with E-state index in [1.807, 2.05) is 0 Å². The molecule has 2 atom stereocenters. The zero-order valence-electron chi connectivity index (χ0n) is 16.2. The van der Waals surface area contributed by atoms with Crippen LogP contribution in [-0.4, -0.2) is 18.5 Å². The smallest absolute Gasteiger partial charge is 0.247 e. The second-order valence-electron chi connectivity index (χ2n) is 9.44. The Bertz CT molecular complexity index is 471. The van der Waals surface area contributed by atoms with Crippen molar-refractivity contribution in [3.05, 3.63) is 12.2 Å². The first-order valence-electron chi connectivity index (χ1n) is 10.8. The minimum Gasteiger partial charge on any atom is -0.247 e. The molecular formula is C22H33F5. The molecule has 0 aromatic rings. The maximum absolute atomic E-state index is 14.4. The zero-order valence-corrected chi connectivity index (χ0v) is 16.2. The summed E-state index contributed by atoms with van der Waals surface area (Å²) in [7, 11) is 0. The van der Waals surface area contributed by atoms with Crippen LogP contribution in [0.2, 0.25) is 0 Å². The number of rotatable bonds is 3. The molecule has 3 aliphatic carbocycles. The highest BCUT2D eigenvalue weighted by atomic mass is 19.4. The predicted molar refractivity (Wildman–Crippen MR) is 97.8 cm³/mol. The molecule has 0 N–H and O–H groups in total. The Hall–Kier alpha value is -0.610. The summed E-state index contributed by atoms with van der Waals surface area (Å²) >= 11 is 0. The summed E-state index contributed by atoms with van der Waals surface area (Å²) in [5.41, 5.74) is 0. The standard InChI is InChI=1S/C22H33F5/c1-14-2-4-15(5-3-14)16-6-8-17(9-7-16)18-12-20(23)19(21(24)13-18)10-11-22(25,26)27/h10-11,14-21H,2-9,12-13H2,1H3/b11-10+. The van der Waals surface area contributed by atoms with E-state index in [0.717, 1.165) is 43.4 Å². The molecule has 3 fully saturated rings. The summed E-state index contributed by atoms with van der Waals surface area (Å²) in [5.74, 6) is 1.52. The summed E-state index contributed by atoms with van der Waals surface area (Å²) in [6.07, 6.45) is 3.28. The molecule has 2 unspecified atom stereocenters. The van der Waals surface area contributed by atoms with Crippen molar-refractivity contribution in [3.63, 3.8) is 0 Å². The molecule has 5 heteroatoms. The van der Waals surface area contributed by atoms with Crippen molar-refractivity contribution >= 4 is 0 Å². The third-order valence-corrected chi connectivity index (χ3v) is 7.61. The van der Waals surface area contributed by atoms with Crippen LogP contribution in [0.15, 0.2) is 12.2 Å². The summed E-state index contributed by atoms with van der Waals surface area (Å²) < 4.78 is 65.8. The molecule has 0 spiro atoms. The molecule has 3 aliphatic rings. The van der Waals surface area contributed by atoms with Crippen LogP contribution in [0, 0.1) is 35.5 Å². The predicted octanol–water partition coefficient (Wildman–Crippen LogP) is 7.44. The highest BCUT2D eigenvalue weighted by Gasteiger charge is 2.42. The molecule has 0 heterocycles. The van der Waals surface area contributed by atoms with Crippen molar-refractivity contribution in [1.29, 1.82) is 0 Å². The van der Waals surface area contributed by atoms with Gasteiger partial charge >= 0.3 is 6.18 Å². The van der Waals surface area contributed by atoms with Crippen molar-refractivity contribution in [2.24, 2.45) is 35.5 Å². The van der Waals surface area contributed by atoms with Gasteiger partial charge in [0.25, 0.3) is 0 Å². The van der Waals surface area contributed by atoms with E-state index in [-0.39, 0.29) is 24.8 Å². The number of hydrogen-bond acceptors (Lipinski definition) is 0. The van der Waals surface area contributed by atoms with Crippen molar-refractivity contribution in [2.75, 3.05) is 0 Å². The molecule has 27 heavy (non-hydrogen) atoms. The molecule has 156 valence electrons. The van der Waals surface area contributed by atoms with Crippen LogP contribution >= 0.6 is 0 Å². The number of hydrogen-bond donors (Lipinski definition) is 0. The van der Waals surface area contributed by atoms with Gasteiger partial charge in [-0.3, -0.25) is 0 Å². The molecule has 3 saturated carbocycles. The lowest BCUT2D eigenvalue weighted by atomic mass is 9.64. The van der Waals surface area contributed by atoms with E-state index in [0.29, 0.717) is 12.0 Å². The van der Waals surface area contributed by atoms with Gasteiger partial charge in [-0.2, -0.15) is 13.2 Å². The van der Waals surface area contributed by atoms with Gasteiger partial charge in [0.15, 0.2) is 0 Å². The van der Waals surface area contributed by atoms with Gasteiger partial charge < -0.3 is 0 Å². The van der Waals surface area contributed by atoms with Crippen LogP contribution < -0.4 is 0 Å². The summed E-state index contributed by atoms with van der Waals surface area (Å²) in [4.78, 5) is 0. The van der Waals surface area contributed by atoms with Gasteiger partial charge in [0.1, 0.15) is 12.3 Å². The topological polar surface area (TPSA) is 0 Å². The van der Waals surface area contributed by atoms with Crippen LogP contribution in [0.5, 0.6) is 0 Å². The minimum atomic E-state index is -4.51. The Labute approximate surface area is 160 Å². The number of alkyl halides is 5. The molecule has 0 nitrogen and oxygen atoms in total. The van der Waals surface area contributed by atoms with Crippen LogP contribution in [0.25, 0.3) is 0 Å². The van der Waals surface area contributed by atoms with Crippen molar-refractivity contribution < 1.29 is 22.0 Å². The van der Waals surface area contributed by atoms with E-state index >= 15 is 0 Å². The van der Waals surface area contributed by atoms with E-state index in [4.69, 9.17) is 0 Å². The molecule has 0 bridgehead atoms. The summed E-state index contributed by atoms with van der Waals surface area (Å²) in [6.45, 7) is 2.33.